The molecule has 1 amide bonds. The third-order valence-corrected chi connectivity index (χ3v) is 3.13. The number of furan rings is 1. The van der Waals surface area contributed by atoms with Crippen LogP contribution in [0.15, 0.2) is 45.5 Å². The molecule has 0 atom stereocenters. The molecular formula is C14H14BrNO3. The van der Waals surface area contributed by atoms with Crippen molar-refractivity contribution in [3.05, 3.63) is 58.0 Å². The lowest BCUT2D eigenvalue weighted by molar-refractivity contribution is 0.0925. The lowest BCUT2D eigenvalue weighted by Crippen LogP contribution is -2.25. The minimum atomic E-state index is -0.224. The molecule has 1 heterocycles. The summed E-state index contributed by atoms with van der Waals surface area (Å²) in [5.41, 5.74) is 1.99. The van der Waals surface area contributed by atoms with Crippen LogP contribution in [0, 0.1) is 0 Å². The number of aliphatic hydroxyl groups is 1. The van der Waals surface area contributed by atoms with Crippen LogP contribution in [0.5, 0.6) is 0 Å². The van der Waals surface area contributed by atoms with Crippen LogP contribution in [0.2, 0.25) is 0 Å². The van der Waals surface area contributed by atoms with Gasteiger partial charge in [0.1, 0.15) is 0 Å². The number of carbonyl (C=O) groups excluding carboxylic acids is 1. The molecule has 0 saturated carbocycles. The van der Waals surface area contributed by atoms with Crippen LogP contribution in [0.3, 0.4) is 0 Å². The van der Waals surface area contributed by atoms with Crippen molar-refractivity contribution in [2.45, 2.75) is 13.0 Å². The SMILES string of the molecule is O=C(NCCc1ccc(CO)cc1)c1ccc(Br)o1. The van der Waals surface area contributed by atoms with E-state index < -0.39 is 0 Å². The minimum Gasteiger partial charge on any atom is -0.444 e. The Bertz CT molecular complexity index is 548. The Hall–Kier alpha value is -1.59. The second-order valence-corrected chi connectivity index (χ2v) is 4.87. The summed E-state index contributed by atoms with van der Waals surface area (Å²) in [5, 5.41) is 11.7. The highest BCUT2D eigenvalue weighted by molar-refractivity contribution is 9.10. The number of hydrogen-bond donors (Lipinski definition) is 2. The van der Waals surface area contributed by atoms with Crippen molar-refractivity contribution in [3.8, 4) is 0 Å². The maximum Gasteiger partial charge on any atom is 0.287 e. The topological polar surface area (TPSA) is 62.5 Å². The maximum absolute atomic E-state index is 11.7. The van der Waals surface area contributed by atoms with Crippen molar-refractivity contribution in [3.63, 3.8) is 0 Å². The number of hydrogen-bond acceptors (Lipinski definition) is 3. The molecule has 1 aromatic carbocycles. The first-order valence-electron chi connectivity index (χ1n) is 5.91. The predicted octanol–water partition coefficient (Wildman–Crippen LogP) is 2.51. The average Bonchev–Trinajstić information content (AvgIpc) is 2.86. The van der Waals surface area contributed by atoms with Gasteiger partial charge in [-0.3, -0.25) is 4.79 Å². The normalized spacial score (nSPS) is 10.4. The molecule has 0 bridgehead atoms. The van der Waals surface area contributed by atoms with E-state index in [4.69, 9.17) is 9.52 Å². The van der Waals surface area contributed by atoms with E-state index in [-0.39, 0.29) is 12.5 Å². The summed E-state index contributed by atoms with van der Waals surface area (Å²) in [5.74, 6) is 0.0696. The van der Waals surface area contributed by atoms with Crippen LogP contribution in [-0.4, -0.2) is 17.6 Å². The van der Waals surface area contributed by atoms with Gasteiger partial charge in [-0.05, 0) is 45.6 Å². The summed E-state index contributed by atoms with van der Waals surface area (Å²) in [6.07, 6.45) is 0.735. The van der Waals surface area contributed by atoms with E-state index in [1.807, 2.05) is 24.3 Å². The highest BCUT2D eigenvalue weighted by Gasteiger charge is 2.09. The van der Waals surface area contributed by atoms with Crippen molar-refractivity contribution in [2.24, 2.45) is 0 Å². The number of halogens is 1. The lowest BCUT2D eigenvalue weighted by Gasteiger charge is -2.04. The molecule has 4 nitrogen and oxygen atoms in total. The van der Waals surface area contributed by atoms with E-state index >= 15 is 0 Å². The van der Waals surface area contributed by atoms with Gasteiger partial charge in [-0.25, -0.2) is 0 Å². The largest absolute Gasteiger partial charge is 0.444 e. The molecule has 5 heteroatoms. The maximum atomic E-state index is 11.7. The summed E-state index contributed by atoms with van der Waals surface area (Å²) in [6.45, 7) is 0.583. The van der Waals surface area contributed by atoms with Crippen molar-refractivity contribution < 1.29 is 14.3 Å². The van der Waals surface area contributed by atoms with E-state index in [1.54, 1.807) is 12.1 Å². The summed E-state index contributed by atoms with van der Waals surface area (Å²) in [4.78, 5) is 11.7. The molecule has 0 aliphatic carbocycles. The molecule has 0 aliphatic rings. The van der Waals surface area contributed by atoms with E-state index in [9.17, 15) is 4.79 Å². The van der Waals surface area contributed by atoms with Gasteiger partial charge in [-0.15, -0.1) is 0 Å². The van der Waals surface area contributed by atoms with Gasteiger partial charge in [0.2, 0.25) is 0 Å². The minimum absolute atomic E-state index is 0.0460. The van der Waals surface area contributed by atoms with Gasteiger partial charge in [-0.2, -0.15) is 0 Å². The summed E-state index contributed by atoms with van der Waals surface area (Å²) in [6, 6.07) is 10.9. The fourth-order valence-corrected chi connectivity index (χ4v) is 1.96. The van der Waals surface area contributed by atoms with E-state index in [1.165, 1.54) is 0 Å². The number of nitrogens with one attached hydrogen (secondary N) is 1. The Labute approximate surface area is 119 Å². The molecule has 1 aromatic heterocycles. The first-order valence-corrected chi connectivity index (χ1v) is 6.70. The molecule has 2 N–H and O–H groups in total. The average molecular weight is 324 g/mol. The Morgan fingerprint density at radius 3 is 2.42 bits per heavy atom. The van der Waals surface area contributed by atoms with Crippen LogP contribution in [0.1, 0.15) is 21.7 Å². The number of carbonyl (C=O) groups is 1. The third-order valence-electron chi connectivity index (χ3n) is 2.70. The van der Waals surface area contributed by atoms with E-state index in [0.29, 0.717) is 17.0 Å². The van der Waals surface area contributed by atoms with Crippen LogP contribution < -0.4 is 5.32 Å². The fraction of sp³-hybridized carbons (Fsp3) is 0.214. The monoisotopic (exact) mass is 323 g/mol. The highest BCUT2D eigenvalue weighted by Crippen LogP contribution is 2.13. The summed E-state index contributed by atoms with van der Waals surface area (Å²) in [7, 11) is 0. The Morgan fingerprint density at radius 2 is 1.84 bits per heavy atom. The van der Waals surface area contributed by atoms with Crippen molar-refractivity contribution >= 4 is 21.8 Å². The van der Waals surface area contributed by atoms with E-state index in [2.05, 4.69) is 21.2 Å². The molecule has 19 heavy (non-hydrogen) atoms. The van der Waals surface area contributed by atoms with Crippen LogP contribution in [0.25, 0.3) is 0 Å². The molecule has 0 radical (unpaired) electrons. The second kappa shape index (κ2) is 6.54. The van der Waals surface area contributed by atoms with Gasteiger partial charge in [0.05, 0.1) is 6.61 Å². The lowest BCUT2D eigenvalue weighted by atomic mass is 10.1. The Kier molecular flexibility index (Phi) is 4.76. The van der Waals surface area contributed by atoms with Gasteiger partial charge >= 0.3 is 0 Å². The van der Waals surface area contributed by atoms with E-state index in [0.717, 1.165) is 17.5 Å². The number of rotatable bonds is 5. The van der Waals surface area contributed by atoms with Crippen LogP contribution in [0.4, 0.5) is 0 Å². The molecule has 2 aromatic rings. The molecule has 100 valence electrons. The zero-order chi connectivity index (χ0) is 13.7. The number of amides is 1. The molecule has 0 fully saturated rings. The molecule has 0 unspecified atom stereocenters. The van der Waals surface area contributed by atoms with Gasteiger partial charge in [0.25, 0.3) is 5.91 Å². The van der Waals surface area contributed by atoms with Gasteiger partial charge in [0.15, 0.2) is 10.4 Å². The summed E-state index contributed by atoms with van der Waals surface area (Å²) >= 11 is 3.15. The molecule has 0 spiro atoms. The molecule has 0 saturated heterocycles. The van der Waals surface area contributed by atoms with Crippen molar-refractivity contribution in [2.75, 3.05) is 6.54 Å². The molecule has 0 aliphatic heterocycles. The zero-order valence-electron chi connectivity index (χ0n) is 10.2. The van der Waals surface area contributed by atoms with Crippen LogP contribution >= 0.6 is 15.9 Å². The quantitative estimate of drug-likeness (QED) is 0.888. The first-order chi connectivity index (χ1) is 9.19. The van der Waals surface area contributed by atoms with Gasteiger partial charge in [0, 0.05) is 6.54 Å². The van der Waals surface area contributed by atoms with Gasteiger partial charge in [-0.1, -0.05) is 24.3 Å². The Morgan fingerprint density at radius 1 is 1.16 bits per heavy atom. The smallest absolute Gasteiger partial charge is 0.287 e. The molecule has 2 rings (SSSR count). The zero-order valence-corrected chi connectivity index (χ0v) is 11.8. The number of benzene rings is 1. The highest BCUT2D eigenvalue weighted by atomic mass is 79.9. The fourth-order valence-electron chi connectivity index (χ4n) is 1.66. The predicted molar refractivity (Wildman–Crippen MR) is 74.8 cm³/mol. The second-order valence-electron chi connectivity index (χ2n) is 4.08. The van der Waals surface area contributed by atoms with Crippen molar-refractivity contribution in [1.82, 2.24) is 5.32 Å². The number of aliphatic hydroxyl groups excluding tert-OH is 1. The summed E-state index contributed by atoms with van der Waals surface area (Å²) < 4.78 is 5.69. The first kappa shape index (κ1) is 13.8. The van der Waals surface area contributed by atoms with Gasteiger partial charge < -0.3 is 14.8 Å². The Balaban J connectivity index is 1.81. The third kappa shape index (κ3) is 3.94. The standard InChI is InChI=1S/C14H14BrNO3/c15-13-6-5-12(19-13)14(18)16-8-7-10-1-3-11(9-17)4-2-10/h1-6,17H,7-9H2,(H,16,18). The van der Waals surface area contributed by atoms with Crippen molar-refractivity contribution in [1.29, 1.82) is 0 Å². The molecular weight excluding hydrogens is 310 g/mol. The van der Waals surface area contributed by atoms with Crippen LogP contribution in [-0.2, 0) is 13.0 Å².